The Morgan fingerprint density at radius 3 is 2.90 bits per heavy atom. The number of benzene rings is 1. The number of hydrogen-bond acceptors (Lipinski definition) is 4. The first kappa shape index (κ1) is 13.0. The highest BCUT2D eigenvalue weighted by Crippen LogP contribution is 2.41. The third-order valence-electron chi connectivity index (χ3n) is 3.35. The number of rotatable bonds is 1. The lowest BCUT2D eigenvalue weighted by atomic mass is 10.1. The van der Waals surface area contributed by atoms with Crippen molar-refractivity contribution in [2.75, 3.05) is 17.7 Å². The van der Waals surface area contributed by atoms with Crippen LogP contribution in [-0.2, 0) is 0 Å². The van der Waals surface area contributed by atoms with Crippen LogP contribution in [0.4, 0.5) is 10.1 Å². The van der Waals surface area contributed by atoms with Crippen LogP contribution in [0.3, 0.4) is 0 Å². The molecule has 1 aliphatic rings. The van der Waals surface area contributed by atoms with Gasteiger partial charge in [0.25, 0.3) is 0 Å². The molecule has 0 radical (unpaired) electrons. The normalized spacial score (nSPS) is 17.9. The molecule has 1 unspecified atom stereocenters. The monoisotopic (exact) mass is 293 g/mol. The third-order valence-corrected chi connectivity index (χ3v) is 4.47. The second kappa shape index (κ2) is 4.82. The van der Waals surface area contributed by atoms with Gasteiger partial charge in [0.1, 0.15) is 5.82 Å². The fourth-order valence-corrected chi connectivity index (χ4v) is 3.55. The number of aromatic nitrogens is 2. The number of nitrogens with one attached hydrogen (secondary N) is 2. The Morgan fingerprint density at radius 1 is 1.35 bits per heavy atom. The van der Waals surface area contributed by atoms with Crippen molar-refractivity contribution in [3.8, 4) is 0 Å². The number of H-pyrrole nitrogens is 2. The summed E-state index contributed by atoms with van der Waals surface area (Å²) < 4.78 is 13.2. The predicted octanol–water partition coefficient (Wildman–Crippen LogP) is 1.49. The Labute approximate surface area is 117 Å². The van der Waals surface area contributed by atoms with Gasteiger partial charge in [0.15, 0.2) is 0 Å². The van der Waals surface area contributed by atoms with Crippen molar-refractivity contribution < 1.29 is 4.39 Å². The molecule has 5 nitrogen and oxygen atoms in total. The minimum absolute atomic E-state index is 0.0810. The van der Waals surface area contributed by atoms with Gasteiger partial charge in [-0.2, -0.15) is 0 Å². The van der Waals surface area contributed by atoms with E-state index >= 15 is 0 Å². The highest BCUT2D eigenvalue weighted by atomic mass is 32.2. The number of thioether (sulfide) groups is 1. The van der Waals surface area contributed by atoms with E-state index in [1.165, 1.54) is 30.1 Å². The van der Waals surface area contributed by atoms with E-state index in [0.29, 0.717) is 11.4 Å². The molecule has 1 atom stereocenters. The zero-order valence-electron chi connectivity index (χ0n) is 10.6. The average molecular weight is 293 g/mol. The molecule has 0 saturated heterocycles. The van der Waals surface area contributed by atoms with Gasteiger partial charge in [0.2, 0.25) is 0 Å². The fraction of sp³-hybridized carbons (Fsp3) is 0.231. The first-order valence-electron chi connectivity index (χ1n) is 6.03. The fourth-order valence-electron chi connectivity index (χ4n) is 2.25. The van der Waals surface area contributed by atoms with E-state index in [2.05, 4.69) is 9.97 Å². The van der Waals surface area contributed by atoms with Gasteiger partial charge in [-0.15, -0.1) is 11.8 Å². The number of nitrogens with zero attached hydrogens (tertiary/aromatic N) is 1. The summed E-state index contributed by atoms with van der Waals surface area (Å²) in [6.07, 6.45) is 1.51. The van der Waals surface area contributed by atoms with Crippen molar-refractivity contribution in [1.82, 2.24) is 9.97 Å². The molecule has 1 aromatic heterocycles. The zero-order valence-corrected chi connectivity index (χ0v) is 11.5. The van der Waals surface area contributed by atoms with Crippen LogP contribution in [0.1, 0.15) is 11.7 Å². The van der Waals surface area contributed by atoms with Crippen LogP contribution in [0.25, 0.3) is 0 Å². The van der Waals surface area contributed by atoms with Crippen molar-refractivity contribution in [3.63, 3.8) is 0 Å². The maximum absolute atomic E-state index is 13.2. The molecule has 0 spiro atoms. The maximum atomic E-state index is 13.2. The molecule has 2 N–H and O–H groups in total. The second-order valence-corrected chi connectivity index (χ2v) is 5.64. The van der Waals surface area contributed by atoms with Crippen LogP contribution in [0.2, 0.25) is 0 Å². The van der Waals surface area contributed by atoms with Crippen LogP contribution in [0.5, 0.6) is 0 Å². The smallest absolute Gasteiger partial charge is 0.313 e. The van der Waals surface area contributed by atoms with Crippen LogP contribution in [0.15, 0.2) is 38.9 Å². The van der Waals surface area contributed by atoms with E-state index in [-0.39, 0.29) is 11.9 Å². The maximum Gasteiger partial charge on any atom is 0.313 e. The Bertz CT molecular complexity index is 771. The van der Waals surface area contributed by atoms with Crippen LogP contribution in [-0.4, -0.2) is 22.8 Å². The molecule has 2 heterocycles. The van der Waals surface area contributed by atoms with Crippen molar-refractivity contribution >= 4 is 17.4 Å². The summed E-state index contributed by atoms with van der Waals surface area (Å²) >= 11 is 1.52. The number of halogens is 1. The van der Waals surface area contributed by atoms with Crippen molar-refractivity contribution in [1.29, 1.82) is 0 Å². The van der Waals surface area contributed by atoms with Crippen molar-refractivity contribution in [3.05, 3.63) is 56.6 Å². The van der Waals surface area contributed by atoms with Gasteiger partial charge in [0.05, 0.1) is 17.4 Å². The number of fused-ring (bicyclic) bond motifs is 1. The highest BCUT2D eigenvalue weighted by Gasteiger charge is 2.26. The Morgan fingerprint density at radius 2 is 2.15 bits per heavy atom. The lowest BCUT2D eigenvalue weighted by molar-refractivity contribution is 0.621. The first-order valence-corrected chi connectivity index (χ1v) is 7.02. The minimum atomic E-state index is -0.665. The molecule has 104 valence electrons. The van der Waals surface area contributed by atoms with Gasteiger partial charge in [-0.05, 0) is 18.2 Å². The summed E-state index contributed by atoms with van der Waals surface area (Å²) in [5, 5.41) is 0. The number of aromatic amines is 2. The first-order chi connectivity index (χ1) is 9.56. The van der Waals surface area contributed by atoms with E-state index in [4.69, 9.17) is 0 Å². The molecular formula is C13H12FN3O2S. The minimum Gasteiger partial charge on any atom is -0.364 e. The third kappa shape index (κ3) is 2.14. The zero-order chi connectivity index (χ0) is 14.3. The lowest BCUT2D eigenvalue weighted by Crippen LogP contribution is -2.35. The molecule has 0 saturated carbocycles. The molecule has 7 heteroatoms. The largest absolute Gasteiger partial charge is 0.364 e. The SMILES string of the molecule is CN1c2ccc(F)cc2SCC1c1c[nH]c(=O)c(=O)[nH]1. The van der Waals surface area contributed by atoms with E-state index in [1.54, 1.807) is 6.07 Å². The van der Waals surface area contributed by atoms with Gasteiger partial charge in [-0.25, -0.2) is 4.39 Å². The van der Waals surface area contributed by atoms with E-state index in [0.717, 1.165) is 10.6 Å². The summed E-state index contributed by atoms with van der Waals surface area (Å²) in [6, 6.07) is 4.55. The molecule has 0 bridgehead atoms. The summed E-state index contributed by atoms with van der Waals surface area (Å²) in [5.41, 5.74) is 0.215. The molecule has 1 aromatic carbocycles. The van der Waals surface area contributed by atoms with Crippen molar-refractivity contribution in [2.45, 2.75) is 10.9 Å². The Balaban J connectivity index is 2.01. The van der Waals surface area contributed by atoms with Gasteiger partial charge in [-0.1, -0.05) is 0 Å². The van der Waals surface area contributed by atoms with Gasteiger partial charge >= 0.3 is 11.1 Å². The summed E-state index contributed by atoms with van der Waals surface area (Å²) in [4.78, 5) is 30.4. The summed E-state index contributed by atoms with van der Waals surface area (Å²) in [6.45, 7) is 0. The molecule has 20 heavy (non-hydrogen) atoms. The molecule has 2 aromatic rings. The standard InChI is InChI=1S/C13H12FN3O2S/c1-17-9-3-2-7(14)4-11(9)20-6-10(17)8-5-15-12(18)13(19)16-8/h2-5,10H,6H2,1H3,(H,15,18)(H,16,19). The second-order valence-electron chi connectivity index (χ2n) is 4.58. The number of hydrogen-bond donors (Lipinski definition) is 2. The molecule has 3 rings (SSSR count). The summed E-state index contributed by atoms with van der Waals surface area (Å²) in [5.74, 6) is 0.398. The molecule has 0 aliphatic carbocycles. The van der Waals surface area contributed by atoms with Gasteiger partial charge in [-0.3, -0.25) is 9.59 Å². The van der Waals surface area contributed by atoms with E-state index in [9.17, 15) is 14.0 Å². The van der Waals surface area contributed by atoms with Crippen LogP contribution >= 0.6 is 11.8 Å². The van der Waals surface area contributed by atoms with Gasteiger partial charge in [0, 0.05) is 23.9 Å². The molecule has 1 aliphatic heterocycles. The number of anilines is 1. The molecule has 0 amide bonds. The van der Waals surface area contributed by atoms with Crippen LogP contribution < -0.4 is 16.0 Å². The average Bonchev–Trinajstić information content (AvgIpc) is 2.42. The van der Waals surface area contributed by atoms with Crippen LogP contribution in [0, 0.1) is 5.82 Å². The molecular weight excluding hydrogens is 281 g/mol. The molecule has 0 fully saturated rings. The Hall–Kier alpha value is -2.02. The summed E-state index contributed by atoms with van der Waals surface area (Å²) in [7, 11) is 1.88. The topological polar surface area (TPSA) is 69.0 Å². The van der Waals surface area contributed by atoms with Crippen molar-refractivity contribution in [2.24, 2.45) is 0 Å². The lowest BCUT2D eigenvalue weighted by Gasteiger charge is -2.35. The van der Waals surface area contributed by atoms with Gasteiger partial charge < -0.3 is 14.9 Å². The predicted molar refractivity (Wildman–Crippen MR) is 76.0 cm³/mol. The Kier molecular flexibility index (Phi) is 3.13. The highest BCUT2D eigenvalue weighted by molar-refractivity contribution is 7.99. The van der Waals surface area contributed by atoms with E-state index in [1.807, 2.05) is 11.9 Å². The van der Waals surface area contributed by atoms with E-state index < -0.39 is 11.1 Å². The quantitative estimate of drug-likeness (QED) is 0.782.